The predicted molar refractivity (Wildman–Crippen MR) is 107 cm³/mol. The zero-order valence-electron chi connectivity index (χ0n) is 16.0. The minimum absolute atomic E-state index is 0.0740. The molecule has 0 spiro atoms. The van der Waals surface area contributed by atoms with Crippen LogP contribution in [0.15, 0.2) is 35.2 Å². The van der Waals surface area contributed by atoms with Crippen LogP contribution in [0, 0.1) is 13.8 Å². The first-order valence-electron chi connectivity index (χ1n) is 8.86. The molecular formula is C20H22N4O3S. The summed E-state index contributed by atoms with van der Waals surface area (Å²) < 4.78 is 1.79. The quantitative estimate of drug-likeness (QED) is 0.660. The standard InChI is InChI=1S/C20H22N4O3S/c1-13-18(8-9-19(25)26)14(2)24(22-13)17-6-4-15(5-7-17)20(27)23(3)10-16-11-28-12-21-16/h4-7,11-12H,8-10H2,1-3H3,(H,25,26). The van der Waals surface area contributed by atoms with Crippen LogP contribution in [0.3, 0.4) is 0 Å². The molecule has 2 heterocycles. The average molecular weight is 398 g/mol. The third-order valence-corrected chi connectivity index (χ3v) is 5.25. The highest BCUT2D eigenvalue weighted by Crippen LogP contribution is 2.20. The zero-order valence-corrected chi connectivity index (χ0v) is 16.9. The SMILES string of the molecule is Cc1nn(-c2ccc(C(=O)N(C)Cc3cscn3)cc2)c(C)c1CCC(=O)O. The molecule has 28 heavy (non-hydrogen) atoms. The summed E-state index contributed by atoms with van der Waals surface area (Å²) in [6.45, 7) is 4.28. The minimum Gasteiger partial charge on any atom is -0.481 e. The number of hydrogen-bond acceptors (Lipinski definition) is 5. The van der Waals surface area contributed by atoms with Gasteiger partial charge in [0.05, 0.1) is 29.1 Å². The van der Waals surface area contributed by atoms with Crippen molar-refractivity contribution in [1.82, 2.24) is 19.7 Å². The normalized spacial score (nSPS) is 10.8. The molecule has 3 rings (SSSR count). The summed E-state index contributed by atoms with van der Waals surface area (Å²) in [6.07, 6.45) is 0.525. The van der Waals surface area contributed by atoms with Crippen LogP contribution < -0.4 is 0 Å². The van der Waals surface area contributed by atoms with Gasteiger partial charge in [-0.25, -0.2) is 9.67 Å². The van der Waals surface area contributed by atoms with Gasteiger partial charge >= 0.3 is 5.97 Å². The molecule has 0 atom stereocenters. The van der Waals surface area contributed by atoms with Crippen LogP contribution in [0.4, 0.5) is 0 Å². The first kappa shape index (κ1) is 19.8. The molecule has 0 fully saturated rings. The highest BCUT2D eigenvalue weighted by Gasteiger charge is 2.16. The second kappa shape index (κ2) is 8.35. The fraction of sp³-hybridized carbons (Fsp3) is 0.300. The van der Waals surface area contributed by atoms with E-state index in [1.54, 1.807) is 34.3 Å². The Hall–Kier alpha value is -3.00. The predicted octanol–water partition coefficient (Wildman–Crippen LogP) is 3.24. The average Bonchev–Trinajstić information content (AvgIpc) is 3.27. The summed E-state index contributed by atoms with van der Waals surface area (Å²) in [7, 11) is 1.76. The Morgan fingerprint density at radius 2 is 1.93 bits per heavy atom. The topological polar surface area (TPSA) is 88.3 Å². The lowest BCUT2D eigenvalue weighted by Gasteiger charge is -2.16. The molecule has 8 heteroatoms. The van der Waals surface area contributed by atoms with Crippen molar-refractivity contribution in [3.63, 3.8) is 0 Å². The molecule has 2 aromatic heterocycles. The maximum Gasteiger partial charge on any atom is 0.303 e. The molecule has 3 aromatic rings. The monoisotopic (exact) mass is 398 g/mol. The van der Waals surface area contributed by atoms with E-state index in [2.05, 4.69) is 10.1 Å². The highest BCUT2D eigenvalue weighted by atomic mass is 32.1. The van der Waals surface area contributed by atoms with Crippen molar-refractivity contribution in [2.24, 2.45) is 0 Å². The van der Waals surface area contributed by atoms with Gasteiger partial charge in [-0.15, -0.1) is 11.3 Å². The molecule has 0 saturated heterocycles. The molecule has 0 aliphatic rings. The lowest BCUT2D eigenvalue weighted by molar-refractivity contribution is -0.136. The number of thiazole rings is 1. The first-order valence-corrected chi connectivity index (χ1v) is 9.81. The number of amides is 1. The van der Waals surface area contributed by atoms with E-state index in [9.17, 15) is 9.59 Å². The van der Waals surface area contributed by atoms with E-state index < -0.39 is 5.97 Å². The van der Waals surface area contributed by atoms with Gasteiger partial charge in [0, 0.05) is 30.1 Å². The van der Waals surface area contributed by atoms with E-state index in [-0.39, 0.29) is 12.3 Å². The van der Waals surface area contributed by atoms with Crippen LogP contribution in [0.25, 0.3) is 5.69 Å². The number of carbonyl (C=O) groups is 2. The van der Waals surface area contributed by atoms with Crippen LogP contribution >= 0.6 is 11.3 Å². The second-order valence-electron chi connectivity index (χ2n) is 6.64. The fourth-order valence-electron chi connectivity index (χ4n) is 3.12. The van der Waals surface area contributed by atoms with Crippen LogP contribution in [0.1, 0.15) is 39.4 Å². The van der Waals surface area contributed by atoms with Crippen molar-refractivity contribution < 1.29 is 14.7 Å². The molecule has 0 saturated carbocycles. The molecule has 1 aromatic carbocycles. The number of rotatable bonds is 7. The van der Waals surface area contributed by atoms with E-state index in [1.165, 1.54) is 11.3 Å². The summed E-state index contributed by atoms with van der Waals surface area (Å²) in [6, 6.07) is 7.26. The number of hydrogen-bond donors (Lipinski definition) is 1. The van der Waals surface area contributed by atoms with Gasteiger partial charge in [-0.2, -0.15) is 5.10 Å². The van der Waals surface area contributed by atoms with Crippen LogP contribution in [0.2, 0.25) is 0 Å². The Morgan fingerprint density at radius 1 is 1.21 bits per heavy atom. The largest absolute Gasteiger partial charge is 0.481 e. The molecule has 146 valence electrons. The minimum atomic E-state index is -0.823. The van der Waals surface area contributed by atoms with Gasteiger partial charge < -0.3 is 10.0 Å². The first-order chi connectivity index (χ1) is 13.4. The van der Waals surface area contributed by atoms with Crippen molar-refractivity contribution in [3.05, 3.63) is 63.4 Å². The maximum absolute atomic E-state index is 12.6. The lowest BCUT2D eigenvalue weighted by atomic mass is 10.1. The second-order valence-corrected chi connectivity index (χ2v) is 7.36. The van der Waals surface area contributed by atoms with E-state index in [0.717, 1.165) is 28.3 Å². The summed E-state index contributed by atoms with van der Waals surface area (Å²) in [4.78, 5) is 29.3. The van der Waals surface area contributed by atoms with Gasteiger partial charge in [-0.05, 0) is 50.1 Å². The number of carboxylic acid groups (broad SMARTS) is 1. The van der Waals surface area contributed by atoms with Crippen molar-refractivity contribution in [2.75, 3.05) is 7.05 Å². The molecule has 1 N–H and O–H groups in total. The Labute approximate surface area is 167 Å². The number of aryl methyl sites for hydroxylation is 1. The molecule has 0 unspecified atom stereocenters. The van der Waals surface area contributed by atoms with Gasteiger partial charge in [-0.1, -0.05) is 0 Å². The molecule has 0 radical (unpaired) electrons. The van der Waals surface area contributed by atoms with E-state index in [0.29, 0.717) is 18.5 Å². The number of nitrogens with zero attached hydrogens (tertiary/aromatic N) is 4. The number of carboxylic acids is 1. The van der Waals surface area contributed by atoms with Crippen LogP contribution in [-0.4, -0.2) is 43.7 Å². The van der Waals surface area contributed by atoms with E-state index >= 15 is 0 Å². The summed E-state index contributed by atoms with van der Waals surface area (Å²) in [5.74, 6) is -0.897. The van der Waals surface area contributed by atoms with Crippen molar-refractivity contribution in [1.29, 1.82) is 0 Å². The number of benzene rings is 1. The van der Waals surface area contributed by atoms with Gasteiger partial charge in [0.1, 0.15) is 0 Å². The van der Waals surface area contributed by atoms with Crippen molar-refractivity contribution >= 4 is 23.2 Å². The molecule has 0 aliphatic carbocycles. The Bertz CT molecular complexity index is 978. The summed E-state index contributed by atoms with van der Waals surface area (Å²) in [5.41, 5.74) is 6.73. The van der Waals surface area contributed by atoms with Crippen LogP contribution in [-0.2, 0) is 17.8 Å². The zero-order chi connectivity index (χ0) is 20.3. The highest BCUT2D eigenvalue weighted by molar-refractivity contribution is 7.07. The number of carbonyl (C=O) groups excluding carboxylic acids is 1. The van der Waals surface area contributed by atoms with Gasteiger partial charge in [0.2, 0.25) is 0 Å². The van der Waals surface area contributed by atoms with E-state index in [1.807, 2.05) is 31.4 Å². The maximum atomic E-state index is 12.6. The Balaban J connectivity index is 1.76. The molecule has 1 amide bonds. The summed E-state index contributed by atoms with van der Waals surface area (Å²) >= 11 is 1.51. The number of aromatic nitrogens is 3. The van der Waals surface area contributed by atoms with E-state index in [4.69, 9.17) is 5.11 Å². The van der Waals surface area contributed by atoms with Gasteiger partial charge in [-0.3, -0.25) is 9.59 Å². The Kier molecular flexibility index (Phi) is 5.89. The molecular weight excluding hydrogens is 376 g/mol. The van der Waals surface area contributed by atoms with Gasteiger partial charge in [0.25, 0.3) is 5.91 Å². The number of aliphatic carboxylic acids is 1. The van der Waals surface area contributed by atoms with Crippen LogP contribution in [0.5, 0.6) is 0 Å². The molecule has 7 nitrogen and oxygen atoms in total. The fourth-order valence-corrected chi connectivity index (χ4v) is 3.67. The van der Waals surface area contributed by atoms with Crippen molar-refractivity contribution in [2.45, 2.75) is 33.2 Å². The van der Waals surface area contributed by atoms with Gasteiger partial charge in [0.15, 0.2) is 0 Å². The Morgan fingerprint density at radius 3 is 2.54 bits per heavy atom. The lowest BCUT2D eigenvalue weighted by Crippen LogP contribution is -2.26. The smallest absolute Gasteiger partial charge is 0.303 e. The van der Waals surface area contributed by atoms with Crippen molar-refractivity contribution in [3.8, 4) is 5.69 Å². The molecule has 0 aliphatic heterocycles. The molecule has 0 bridgehead atoms. The third kappa shape index (κ3) is 4.28. The third-order valence-electron chi connectivity index (χ3n) is 4.62. The summed E-state index contributed by atoms with van der Waals surface area (Å²) in [5, 5.41) is 15.4.